The van der Waals surface area contributed by atoms with Gasteiger partial charge in [0.1, 0.15) is 12.4 Å². The summed E-state index contributed by atoms with van der Waals surface area (Å²) < 4.78 is 5.53. The van der Waals surface area contributed by atoms with Crippen LogP contribution in [-0.4, -0.2) is 10.0 Å². The van der Waals surface area contributed by atoms with E-state index in [-0.39, 0.29) is 12.3 Å². The highest BCUT2D eigenvalue weighted by Gasteiger charge is 2.14. The lowest BCUT2D eigenvalue weighted by Gasteiger charge is -2.09. The van der Waals surface area contributed by atoms with Crippen molar-refractivity contribution in [2.75, 3.05) is 0 Å². The predicted molar refractivity (Wildman–Crippen MR) is 79.5 cm³/mol. The summed E-state index contributed by atoms with van der Waals surface area (Å²) in [6.07, 6.45) is -0.548. The van der Waals surface area contributed by atoms with Crippen LogP contribution in [-0.2, 0) is 6.61 Å². The van der Waals surface area contributed by atoms with Crippen molar-refractivity contribution in [3.63, 3.8) is 0 Å². The van der Waals surface area contributed by atoms with Gasteiger partial charge in [0, 0.05) is 11.1 Å². The Hall–Kier alpha value is -2.11. The lowest BCUT2D eigenvalue weighted by atomic mass is 10.1. The van der Waals surface area contributed by atoms with E-state index in [9.17, 15) is 15.2 Å². The average molecular weight is 308 g/mol. The standard InChI is InChI=1S/C15H14ClNO4/c1-10(18)11-2-5-14(6-3-11)21-9-12-8-13(16)4-7-15(12)17(19)20/h2-8,10,18H,9H2,1H3. The number of hydrogen-bond donors (Lipinski definition) is 1. The smallest absolute Gasteiger partial charge is 0.276 e. The molecule has 0 amide bonds. The van der Waals surface area contributed by atoms with Crippen molar-refractivity contribution in [1.82, 2.24) is 0 Å². The predicted octanol–water partition coefficient (Wildman–Crippen LogP) is 3.88. The second-order valence-corrected chi connectivity index (χ2v) is 5.00. The molecule has 0 aromatic heterocycles. The third-order valence-electron chi connectivity index (χ3n) is 3.00. The number of aliphatic hydroxyl groups is 1. The summed E-state index contributed by atoms with van der Waals surface area (Å²) in [6.45, 7) is 1.72. The normalized spacial score (nSPS) is 12.0. The first kappa shape index (κ1) is 15.3. The Labute approximate surface area is 126 Å². The molecule has 6 heteroatoms. The van der Waals surface area contributed by atoms with Crippen molar-refractivity contribution in [3.8, 4) is 5.75 Å². The van der Waals surface area contributed by atoms with Crippen molar-refractivity contribution >= 4 is 17.3 Å². The van der Waals surface area contributed by atoms with E-state index in [0.29, 0.717) is 16.3 Å². The maximum atomic E-state index is 10.9. The number of nitro groups is 1. The minimum Gasteiger partial charge on any atom is -0.489 e. The first-order valence-electron chi connectivity index (χ1n) is 6.31. The SMILES string of the molecule is CC(O)c1ccc(OCc2cc(Cl)ccc2[N+](=O)[O-])cc1. The van der Waals surface area contributed by atoms with Crippen LogP contribution in [0.15, 0.2) is 42.5 Å². The summed E-state index contributed by atoms with van der Waals surface area (Å²) in [5, 5.41) is 20.8. The van der Waals surface area contributed by atoms with Gasteiger partial charge >= 0.3 is 0 Å². The lowest BCUT2D eigenvalue weighted by Crippen LogP contribution is -2.01. The number of nitrogens with zero attached hydrogens (tertiary/aromatic N) is 1. The van der Waals surface area contributed by atoms with Crippen molar-refractivity contribution in [1.29, 1.82) is 0 Å². The van der Waals surface area contributed by atoms with E-state index in [1.807, 2.05) is 0 Å². The van der Waals surface area contributed by atoms with E-state index >= 15 is 0 Å². The lowest BCUT2D eigenvalue weighted by molar-refractivity contribution is -0.385. The van der Waals surface area contributed by atoms with Gasteiger partial charge in [-0.1, -0.05) is 23.7 Å². The van der Waals surface area contributed by atoms with Crippen LogP contribution in [0.3, 0.4) is 0 Å². The van der Waals surface area contributed by atoms with Gasteiger partial charge < -0.3 is 9.84 Å². The minimum atomic E-state index is -0.548. The molecule has 0 radical (unpaired) electrons. The number of nitro benzene ring substituents is 1. The highest BCUT2D eigenvalue weighted by molar-refractivity contribution is 6.30. The Balaban J connectivity index is 2.12. The van der Waals surface area contributed by atoms with Crippen molar-refractivity contribution in [2.24, 2.45) is 0 Å². The van der Waals surface area contributed by atoms with E-state index in [1.54, 1.807) is 31.2 Å². The van der Waals surface area contributed by atoms with Crippen LogP contribution in [0.25, 0.3) is 0 Å². The number of hydrogen-bond acceptors (Lipinski definition) is 4. The Bertz CT molecular complexity index is 641. The van der Waals surface area contributed by atoms with Crippen LogP contribution in [0.2, 0.25) is 5.02 Å². The molecule has 0 bridgehead atoms. The third kappa shape index (κ3) is 3.93. The molecule has 0 aliphatic carbocycles. The number of aliphatic hydroxyl groups excluding tert-OH is 1. The van der Waals surface area contributed by atoms with Gasteiger partial charge in [-0.15, -0.1) is 0 Å². The van der Waals surface area contributed by atoms with Gasteiger partial charge in [-0.2, -0.15) is 0 Å². The van der Waals surface area contributed by atoms with E-state index in [0.717, 1.165) is 5.56 Å². The number of rotatable bonds is 5. The summed E-state index contributed by atoms with van der Waals surface area (Å²) in [5.41, 5.74) is 1.16. The molecule has 0 saturated heterocycles. The maximum absolute atomic E-state index is 10.9. The molecule has 0 aliphatic heterocycles. The molecule has 0 fully saturated rings. The van der Waals surface area contributed by atoms with Crippen molar-refractivity contribution in [3.05, 3.63) is 68.7 Å². The molecule has 1 N–H and O–H groups in total. The summed E-state index contributed by atoms with van der Waals surface area (Å²) >= 11 is 5.85. The molecule has 0 aliphatic rings. The highest BCUT2D eigenvalue weighted by Crippen LogP contribution is 2.25. The second-order valence-electron chi connectivity index (χ2n) is 4.56. The summed E-state index contributed by atoms with van der Waals surface area (Å²) in [6, 6.07) is 11.2. The maximum Gasteiger partial charge on any atom is 0.276 e. The van der Waals surface area contributed by atoms with Gasteiger partial charge in [-0.25, -0.2) is 0 Å². The van der Waals surface area contributed by atoms with Crippen LogP contribution >= 0.6 is 11.6 Å². The van der Waals surface area contributed by atoms with Crippen LogP contribution in [0.4, 0.5) is 5.69 Å². The zero-order valence-electron chi connectivity index (χ0n) is 11.3. The molecule has 0 spiro atoms. The zero-order chi connectivity index (χ0) is 15.4. The monoisotopic (exact) mass is 307 g/mol. The molecular weight excluding hydrogens is 294 g/mol. The topological polar surface area (TPSA) is 72.6 Å². The van der Waals surface area contributed by atoms with Crippen molar-refractivity contribution in [2.45, 2.75) is 19.6 Å². The molecule has 2 rings (SSSR count). The Morgan fingerprint density at radius 3 is 2.52 bits per heavy atom. The molecule has 0 heterocycles. The van der Waals surface area contributed by atoms with Crippen molar-refractivity contribution < 1.29 is 14.8 Å². The number of ether oxygens (including phenoxy) is 1. The summed E-state index contributed by atoms with van der Waals surface area (Å²) in [7, 11) is 0. The molecule has 0 saturated carbocycles. The van der Waals surface area contributed by atoms with Crippen LogP contribution in [0.5, 0.6) is 5.75 Å². The Kier molecular flexibility index (Phi) is 4.77. The molecule has 2 aromatic rings. The molecule has 110 valence electrons. The van der Waals surface area contributed by atoms with Crippen LogP contribution in [0, 0.1) is 10.1 Å². The highest BCUT2D eigenvalue weighted by atomic mass is 35.5. The van der Waals surface area contributed by atoms with Gasteiger partial charge in [0.25, 0.3) is 5.69 Å². The Morgan fingerprint density at radius 1 is 1.29 bits per heavy atom. The molecule has 1 atom stereocenters. The fourth-order valence-corrected chi connectivity index (χ4v) is 2.05. The molecule has 5 nitrogen and oxygen atoms in total. The zero-order valence-corrected chi connectivity index (χ0v) is 12.1. The third-order valence-corrected chi connectivity index (χ3v) is 3.23. The number of halogens is 1. The Morgan fingerprint density at radius 2 is 1.95 bits per heavy atom. The first-order chi connectivity index (χ1) is 9.97. The molecule has 21 heavy (non-hydrogen) atoms. The average Bonchev–Trinajstić information content (AvgIpc) is 2.45. The van der Waals surface area contributed by atoms with Gasteiger partial charge in [0.15, 0.2) is 0 Å². The van der Waals surface area contributed by atoms with Crippen LogP contribution in [0.1, 0.15) is 24.2 Å². The largest absolute Gasteiger partial charge is 0.489 e. The van der Waals surface area contributed by atoms with Crippen LogP contribution < -0.4 is 4.74 Å². The fourth-order valence-electron chi connectivity index (χ4n) is 1.85. The molecule has 2 aromatic carbocycles. The molecule has 1 unspecified atom stereocenters. The first-order valence-corrected chi connectivity index (χ1v) is 6.69. The fraction of sp³-hybridized carbons (Fsp3) is 0.200. The van der Waals surface area contributed by atoms with Gasteiger partial charge in [-0.05, 0) is 36.8 Å². The van der Waals surface area contributed by atoms with Gasteiger partial charge in [-0.3, -0.25) is 10.1 Å². The van der Waals surface area contributed by atoms with E-state index in [1.165, 1.54) is 18.2 Å². The van der Waals surface area contributed by atoms with E-state index in [4.69, 9.17) is 16.3 Å². The summed E-state index contributed by atoms with van der Waals surface area (Å²) in [5.74, 6) is 0.564. The minimum absolute atomic E-state index is 0.0278. The van der Waals surface area contributed by atoms with E-state index in [2.05, 4.69) is 0 Å². The van der Waals surface area contributed by atoms with E-state index < -0.39 is 11.0 Å². The second kappa shape index (κ2) is 6.56. The van der Waals surface area contributed by atoms with Gasteiger partial charge in [0.2, 0.25) is 0 Å². The summed E-state index contributed by atoms with van der Waals surface area (Å²) in [4.78, 5) is 10.5. The quantitative estimate of drug-likeness (QED) is 0.672. The number of benzene rings is 2. The molecular formula is C15H14ClNO4. The van der Waals surface area contributed by atoms with Gasteiger partial charge in [0.05, 0.1) is 16.6 Å².